The molecule has 18 heavy (non-hydrogen) atoms. The van der Waals surface area contributed by atoms with Crippen molar-refractivity contribution < 1.29 is 4.52 Å². The van der Waals surface area contributed by atoms with Gasteiger partial charge in [0.05, 0.1) is 5.56 Å². The molecule has 1 fully saturated rings. The number of nitrogen functional groups attached to an aromatic ring is 1. The molecular formula is C13H16N4O. The second kappa shape index (κ2) is 4.76. The van der Waals surface area contributed by atoms with E-state index in [2.05, 4.69) is 15.1 Å². The molecule has 0 atom stereocenters. The first-order chi connectivity index (χ1) is 8.83. The van der Waals surface area contributed by atoms with Gasteiger partial charge in [-0.05, 0) is 25.0 Å². The lowest BCUT2D eigenvalue weighted by atomic mass is 9.89. The first-order valence-electron chi connectivity index (χ1n) is 6.38. The Kier molecular flexibility index (Phi) is 2.96. The Balaban J connectivity index is 1.82. The first-order valence-corrected chi connectivity index (χ1v) is 6.38. The van der Waals surface area contributed by atoms with E-state index in [1.807, 2.05) is 6.07 Å². The van der Waals surface area contributed by atoms with Gasteiger partial charge in [0.25, 0.3) is 5.89 Å². The fourth-order valence-electron chi connectivity index (χ4n) is 2.41. The molecule has 2 aromatic rings. The summed E-state index contributed by atoms with van der Waals surface area (Å²) < 4.78 is 5.30. The third-order valence-corrected chi connectivity index (χ3v) is 3.45. The molecule has 5 nitrogen and oxygen atoms in total. The van der Waals surface area contributed by atoms with E-state index in [1.54, 1.807) is 12.3 Å². The van der Waals surface area contributed by atoms with Crippen LogP contribution in [0.25, 0.3) is 11.5 Å². The fraction of sp³-hybridized carbons (Fsp3) is 0.462. The van der Waals surface area contributed by atoms with E-state index in [4.69, 9.17) is 10.3 Å². The molecule has 1 aliphatic carbocycles. The van der Waals surface area contributed by atoms with E-state index >= 15 is 0 Å². The van der Waals surface area contributed by atoms with Crippen molar-refractivity contribution in [2.45, 2.75) is 38.0 Å². The van der Waals surface area contributed by atoms with Crippen molar-refractivity contribution in [1.82, 2.24) is 15.1 Å². The molecule has 94 valence electrons. The predicted molar refractivity (Wildman–Crippen MR) is 67.8 cm³/mol. The number of rotatable bonds is 2. The minimum absolute atomic E-state index is 0.456. The highest BCUT2D eigenvalue weighted by molar-refractivity contribution is 5.53. The van der Waals surface area contributed by atoms with Crippen molar-refractivity contribution in [2.75, 3.05) is 5.73 Å². The Morgan fingerprint density at radius 3 is 2.72 bits per heavy atom. The molecule has 2 heterocycles. The normalized spacial score (nSPS) is 16.9. The van der Waals surface area contributed by atoms with Crippen molar-refractivity contribution >= 4 is 5.82 Å². The summed E-state index contributed by atoms with van der Waals surface area (Å²) in [5.41, 5.74) is 6.37. The van der Waals surface area contributed by atoms with Crippen LogP contribution in [0.15, 0.2) is 22.9 Å². The van der Waals surface area contributed by atoms with Gasteiger partial charge in [-0.3, -0.25) is 0 Å². The number of pyridine rings is 1. The van der Waals surface area contributed by atoms with Crippen molar-refractivity contribution in [1.29, 1.82) is 0 Å². The van der Waals surface area contributed by atoms with Crippen LogP contribution in [0.2, 0.25) is 0 Å². The number of hydrogen-bond donors (Lipinski definition) is 1. The molecule has 0 bridgehead atoms. The third-order valence-electron chi connectivity index (χ3n) is 3.45. The summed E-state index contributed by atoms with van der Waals surface area (Å²) in [5, 5.41) is 4.09. The van der Waals surface area contributed by atoms with Gasteiger partial charge >= 0.3 is 0 Å². The number of nitrogens with zero attached hydrogens (tertiary/aromatic N) is 3. The van der Waals surface area contributed by atoms with Crippen LogP contribution in [-0.2, 0) is 0 Å². The molecule has 0 amide bonds. The lowest BCUT2D eigenvalue weighted by Crippen LogP contribution is -2.06. The van der Waals surface area contributed by atoms with Gasteiger partial charge in [-0.15, -0.1) is 0 Å². The molecule has 1 saturated carbocycles. The standard InChI is InChI=1S/C13H16N4O/c14-11-7-6-10(8-15-11)13-16-12(17-18-13)9-4-2-1-3-5-9/h6-9H,1-5H2,(H2,14,15). The summed E-state index contributed by atoms with van der Waals surface area (Å²) >= 11 is 0. The maximum atomic E-state index is 5.55. The van der Waals surface area contributed by atoms with Gasteiger partial charge in [-0.25, -0.2) is 4.98 Å². The van der Waals surface area contributed by atoms with E-state index < -0.39 is 0 Å². The van der Waals surface area contributed by atoms with E-state index in [1.165, 1.54) is 32.1 Å². The minimum atomic E-state index is 0.456. The molecule has 2 aromatic heterocycles. The molecule has 0 radical (unpaired) electrons. The topological polar surface area (TPSA) is 77.8 Å². The number of anilines is 1. The largest absolute Gasteiger partial charge is 0.384 e. The van der Waals surface area contributed by atoms with Gasteiger partial charge in [-0.2, -0.15) is 4.98 Å². The number of hydrogen-bond acceptors (Lipinski definition) is 5. The zero-order valence-electron chi connectivity index (χ0n) is 10.2. The van der Waals surface area contributed by atoms with Crippen LogP contribution in [0.3, 0.4) is 0 Å². The molecule has 5 heteroatoms. The third kappa shape index (κ3) is 2.20. The highest BCUT2D eigenvalue weighted by Crippen LogP contribution is 2.31. The smallest absolute Gasteiger partial charge is 0.259 e. The zero-order valence-corrected chi connectivity index (χ0v) is 10.2. The van der Waals surface area contributed by atoms with Gasteiger partial charge in [0.1, 0.15) is 5.82 Å². The lowest BCUT2D eigenvalue weighted by Gasteiger charge is -2.17. The SMILES string of the molecule is Nc1ccc(-c2nc(C3CCCCC3)no2)cn1. The molecule has 0 aromatic carbocycles. The first kappa shape index (κ1) is 11.2. The maximum Gasteiger partial charge on any atom is 0.259 e. The lowest BCUT2D eigenvalue weighted by molar-refractivity contribution is 0.385. The Morgan fingerprint density at radius 2 is 2.00 bits per heavy atom. The van der Waals surface area contributed by atoms with E-state index in [0.29, 0.717) is 17.6 Å². The van der Waals surface area contributed by atoms with Gasteiger partial charge < -0.3 is 10.3 Å². The van der Waals surface area contributed by atoms with Crippen LogP contribution in [0, 0.1) is 0 Å². The molecule has 2 N–H and O–H groups in total. The van der Waals surface area contributed by atoms with Crippen molar-refractivity contribution in [3.63, 3.8) is 0 Å². The fourth-order valence-corrected chi connectivity index (χ4v) is 2.41. The molecule has 0 aliphatic heterocycles. The number of aromatic nitrogens is 3. The molecular weight excluding hydrogens is 228 g/mol. The average molecular weight is 244 g/mol. The number of nitrogens with two attached hydrogens (primary N) is 1. The van der Waals surface area contributed by atoms with Crippen molar-refractivity contribution in [3.05, 3.63) is 24.2 Å². The van der Waals surface area contributed by atoms with Gasteiger partial charge in [0.15, 0.2) is 5.82 Å². The van der Waals surface area contributed by atoms with E-state index in [0.717, 1.165) is 11.4 Å². The van der Waals surface area contributed by atoms with Crippen LogP contribution in [0.1, 0.15) is 43.8 Å². The zero-order chi connectivity index (χ0) is 12.4. The van der Waals surface area contributed by atoms with Gasteiger partial charge in [0.2, 0.25) is 0 Å². The van der Waals surface area contributed by atoms with Crippen LogP contribution < -0.4 is 5.73 Å². The van der Waals surface area contributed by atoms with E-state index in [9.17, 15) is 0 Å². The summed E-state index contributed by atoms with van der Waals surface area (Å²) in [6.07, 6.45) is 7.84. The summed E-state index contributed by atoms with van der Waals surface area (Å²) in [5.74, 6) is 2.31. The van der Waals surface area contributed by atoms with Crippen molar-refractivity contribution in [3.8, 4) is 11.5 Å². The summed E-state index contributed by atoms with van der Waals surface area (Å²) in [6, 6.07) is 3.58. The van der Waals surface area contributed by atoms with Gasteiger partial charge in [-0.1, -0.05) is 24.4 Å². The second-order valence-electron chi connectivity index (χ2n) is 4.76. The maximum absolute atomic E-state index is 5.55. The Morgan fingerprint density at radius 1 is 1.17 bits per heavy atom. The molecule has 0 unspecified atom stereocenters. The molecule has 1 aliphatic rings. The highest BCUT2D eigenvalue weighted by atomic mass is 16.5. The summed E-state index contributed by atoms with van der Waals surface area (Å²) in [7, 11) is 0. The Labute approximate surface area is 105 Å². The predicted octanol–water partition coefficient (Wildman–Crippen LogP) is 2.76. The molecule has 3 rings (SSSR count). The average Bonchev–Trinajstić information content (AvgIpc) is 2.90. The van der Waals surface area contributed by atoms with Crippen molar-refractivity contribution in [2.24, 2.45) is 0 Å². The summed E-state index contributed by atoms with van der Waals surface area (Å²) in [4.78, 5) is 8.50. The Hall–Kier alpha value is -1.91. The van der Waals surface area contributed by atoms with Crippen LogP contribution >= 0.6 is 0 Å². The van der Waals surface area contributed by atoms with Gasteiger partial charge in [0, 0.05) is 12.1 Å². The molecule has 0 saturated heterocycles. The van der Waals surface area contributed by atoms with Crippen LogP contribution in [0.4, 0.5) is 5.82 Å². The second-order valence-corrected chi connectivity index (χ2v) is 4.76. The molecule has 0 spiro atoms. The van der Waals surface area contributed by atoms with Crippen LogP contribution in [0.5, 0.6) is 0 Å². The highest BCUT2D eigenvalue weighted by Gasteiger charge is 2.21. The Bertz CT molecular complexity index is 514. The summed E-state index contributed by atoms with van der Waals surface area (Å²) in [6.45, 7) is 0. The monoisotopic (exact) mass is 244 g/mol. The van der Waals surface area contributed by atoms with Crippen LogP contribution in [-0.4, -0.2) is 15.1 Å². The quantitative estimate of drug-likeness (QED) is 0.878. The minimum Gasteiger partial charge on any atom is -0.384 e. The van der Waals surface area contributed by atoms with E-state index in [-0.39, 0.29) is 0 Å².